The SMILES string of the molecule is c1ccc(-c2ccc(-c3nc(-c4ccc5ccc(-c6ccc7oc8cc9ccccc9cc8c7c6)cc5c4)nc(-c4cccc5c4sc4ccccc45)n3)cc2)cc1. The fourth-order valence-corrected chi connectivity index (χ4v) is 9.54. The summed E-state index contributed by atoms with van der Waals surface area (Å²) < 4.78 is 8.73. The first-order chi connectivity index (χ1) is 28.7. The van der Waals surface area contributed by atoms with Crippen LogP contribution in [0.2, 0.25) is 0 Å². The van der Waals surface area contributed by atoms with E-state index in [0.717, 1.165) is 66.1 Å². The number of hydrogen-bond donors (Lipinski definition) is 0. The van der Waals surface area contributed by atoms with Crippen molar-refractivity contribution in [1.29, 1.82) is 0 Å². The van der Waals surface area contributed by atoms with Crippen LogP contribution < -0.4 is 0 Å². The van der Waals surface area contributed by atoms with Crippen LogP contribution in [0, 0.1) is 0 Å². The summed E-state index contributed by atoms with van der Waals surface area (Å²) in [5.74, 6) is 1.93. The monoisotopic (exact) mass is 757 g/mol. The van der Waals surface area contributed by atoms with Crippen molar-refractivity contribution in [2.24, 2.45) is 0 Å². The summed E-state index contributed by atoms with van der Waals surface area (Å²) in [5, 5.41) is 9.33. The molecule has 0 N–H and O–H groups in total. The lowest BCUT2D eigenvalue weighted by atomic mass is 9.98. The van der Waals surface area contributed by atoms with Crippen LogP contribution in [0.3, 0.4) is 0 Å². The molecule has 0 fully saturated rings. The van der Waals surface area contributed by atoms with Crippen molar-refractivity contribution in [3.63, 3.8) is 0 Å². The number of hydrogen-bond acceptors (Lipinski definition) is 5. The largest absolute Gasteiger partial charge is 0.456 e. The Kier molecular flexibility index (Phi) is 7.37. The molecule has 3 aromatic heterocycles. The third kappa shape index (κ3) is 5.47. The molecule has 0 saturated carbocycles. The highest BCUT2D eigenvalue weighted by Gasteiger charge is 2.18. The van der Waals surface area contributed by atoms with Crippen LogP contribution in [0.4, 0.5) is 0 Å². The van der Waals surface area contributed by atoms with Crippen LogP contribution in [0.1, 0.15) is 0 Å². The highest BCUT2D eigenvalue weighted by molar-refractivity contribution is 7.26. The van der Waals surface area contributed by atoms with Crippen LogP contribution in [-0.4, -0.2) is 15.0 Å². The molecule has 0 spiro atoms. The van der Waals surface area contributed by atoms with Crippen molar-refractivity contribution in [3.05, 3.63) is 188 Å². The lowest BCUT2D eigenvalue weighted by Gasteiger charge is -2.11. The van der Waals surface area contributed by atoms with Gasteiger partial charge in [-0.15, -0.1) is 11.3 Å². The van der Waals surface area contributed by atoms with Crippen molar-refractivity contribution >= 4 is 75.0 Å². The normalized spacial score (nSPS) is 11.8. The number of furan rings is 1. The molecule has 12 rings (SSSR count). The fourth-order valence-electron chi connectivity index (χ4n) is 8.33. The molecule has 0 radical (unpaired) electrons. The second-order valence-corrected chi connectivity index (χ2v) is 15.9. The molecular formula is C53H31N3OS. The highest BCUT2D eigenvalue weighted by Crippen LogP contribution is 2.40. The van der Waals surface area contributed by atoms with Gasteiger partial charge in [0.15, 0.2) is 17.5 Å². The Morgan fingerprint density at radius 2 is 0.931 bits per heavy atom. The molecule has 3 heterocycles. The molecular weight excluding hydrogens is 727 g/mol. The van der Waals surface area contributed by atoms with E-state index >= 15 is 0 Å². The summed E-state index contributed by atoms with van der Waals surface area (Å²) in [7, 11) is 0. The van der Waals surface area contributed by atoms with Crippen molar-refractivity contribution < 1.29 is 4.42 Å². The Morgan fingerprint density at radius 1 is 0.328 bits per heavy atom. The molecule has 5 heteroatoms. The van der Waals surface area contributed by atoms with Crippen LogP contribution >= 0.6 is 11.3 Å². The predicted molar refractivity (Wildman–Crippen MR) is 242 cm³/mol. The number of nitrogens with zero attached hydrogens (tertiary/aromatic N) is 3. The van der Waals surface area contributed by atoms with Gasteiger partial charge in [0.25, 0.3) is 0 Å². The van der Waals surface area contributed by atoms with Gasteiger partial charge >= 0.3 is 0 Å². The molecule has 0 atom stereocenters. The average Bonchev–Trinajstić information content (AvgIpc) is 3.85. The zero-order valence-electron chi connectivity index (χ0n) is 31.1. The second-order valence-electron chi connectivity index (χ2n) is 14.8. The molecule has 0 bridgehead atoms. The summed E-state index contributed by atoms with van der Waals surface area (Å²) >= 11 is 1.78. The van der Waals surface area contributed by atoms with Crippen molar-refractivity contribution in [2.75, 3.05) is 0 Å². The molecule has 58 heavy (non-hydrogen) atoms. The molecule has 12 aromatic rings. The van der Waals surface area contributed by atoms with Crippen LogP contribution in [-0.2, 0) is 0 Å². The topological polar surface area (TPSA) is 51.8 Å². The van der Waals surface area contributed by atoms with Crippen LogP contribution in [0.25, 0.3) is 120 Å². The summed E-state index contributed by atoms with van der Waals surface area (Å²) in [6.45, 7) is 0. The Bertz CT molecular complexity index is 3570. The number of aromatic nitrogens is 3. The summed E-state index contributed by atoms with van der Waals surface area (Å²) in [6, 6.07) is 66.4. The molecule has 0 amide bonds. The molecule has 0 aliphatic rings. The third-order valence-corrected chi connectivity index (χ3v) is 12.5. The van der Waals surface area contributed by atoms with E-state index in [2.05, 4.69) is 182 Å². The first kappa shape index (κ1) is 32.7. The van der Waals surface area contributed by atoms with Gasteiger partial charge in [-0.3, -0.25) is 0 Å². The second kappa shape index (κ2) is 13.1. The zero-order chi connectivity index (χ0) is 38.2. The summed E-state index contributed by atoms with van der Waals surface area (Å²) in [4.78, 5) is 15.6. The first-order valence-corrected chi connectivity index (χ1v) is 20.2. The lowest BCUT2D eigenvalue weighted by Crippen LogP contribution is -2.00. The molecule has 0 aliphatic heterocycles. The number of fused-ring (bicyclic) bond motifs is 8. The number of rotatable bonds is 5. The van der Waals surface area contributed by atoms with E-state index in [1.165, 1.54) is 36.5 Å². The number of thiophene rings is 1. The molecule has 270 valence electrons. The van der Waals surface area contributed by atoms with E-state index in [0.29, 0.717) is 17.5 Å². The van der Waals surface area contributed by atoms with Gasteiger partial charge in [0.05, 0.1) is 0 Å². The molecule has 4 nitrogen and oxygen atoms in total. The summed E-state index contributed by atoms with van der Waals surface area (Å²) in [6.07, 6.45) is 0. The minimum Gasteiger partial charge on any atom is -0.456 e. The molecule has 9 aromatic carbocycles. The van der Waals surface area contributed by atoms with E-state index in [4.69, 9.17) is 19.4 Å². The minimum absolute atomic E-state index is 0.635. The first-order valence-electron chi connectivity index (χ1n) is 19.4. The standard InChI is InChI=1S/C53H31N3OS/c1-2-9-32(10-3-1)33-17-21-35(22-18-33)51-54-52(56-53(55-51)44-15-8-14-43-42-13-6-7-16-49(42)58-50(43)44)40-24-20-34-19-23-38(27-41(34)28-40)39-25-26-47-45(30-39)46-29-36-11-4-5-12-37(36)31-48(46)57-47/h1-31H. The zero-order valence-corrected chi connectivity index (χ0v) is 31.9. The molecule has 0 aliphatic carbocycles. The van der Waals surface area contributed by atoms with E-state index < -0.39 is 0 Å². The van der Waals surface area contributed by atoms with Gasteiger partial charge in [-0.25, -0.2) is 15.0 Å². The van der Waals surface area contributed by atoms with Crippen molar-refractivity contribution in [1.82, 2.24) is 15.0 Å². The Morgan fingerprint density at radius 3 is 1.79 bits per heavy atom. The molecule has 0 unspecified atom stereocenters. The maximum atomic E-state index is 6.32. The third-order valence-electron chi connectivity index (χ3n) is 11.3. The maximum absolute atomic E-state index is 6.32. The average molecular weight is 758 g/mol. The van der Waals surface area contributed by atoms with Gasteiger partial charge in [-0.2, -0.15) is 0 Å². The fraction of sp³-hybridized carbons (Fsp3) is 0. The Balaban J connectivity index is 0.990. The van der Waals surface area contributed by atoms with Gasteiger partial charge in [-0.05, 0) is 92.3 Å². The predicted octanol–water partition coefficient (Wildman–Crippen LogP) is 14.8. The lowest BCUT2D eigenvalue weighted by molar-refractivity contribution is 0.669. The Labute approximate surface area is 337 Å². The Hall–Kier alpha value is -7.47. The van der Waals surface area contributed by atoms with E-state index in [9.17, 15) is 0 Å². The van der Waals surface area contributed by atoms with E-state index in [1.54, 1.807) is 11.3 Å². The van der Waals surface area contributed by atoms with Crippen LogP contribution in [0.15, 0.2) is 192 Å². The highest BCUT2D eigenvalue weighted by atomic mass is 32.1. The molecule has 0 saturated heterocycles. The quantitative estimate of drug-likeness (QED) is 0.175. The van der Waals surface area contributed by atoms with Crippen LogP contribution in [0.5, 0.6) is 0 Å². The van der Waals surface area contributed by atoms with Crippen molar-refractivity contribution in [2.45, 2.75) is 0 Å². The summed E-state index contributed by atoms with van der Waals surface area (Å²) in [5.41, 5.74) is 9.25. The number of benzene rings is 9. The van der Waals surface area contributed by atoms with Crippen molar-refractivity contribution in [3.8, 4) is 56.4 Å². The van der Waals surface area contributed by atoms with Gasteiger partial charge in [0.2, 0.25) is 0 Å². The van der Waals surface area contributed by atoms with Gasteiger partial charge < -0.3 is 4.42 Å². The van der Waals surface area contributed by atoms with E-state index in [1.807, 2.05) is 6.07 Å². The van der Waals surface area contributed by atoms with Gasteiger partial charge in [-0.1, -0.05) is 140 Å². The van der Waals surface area contributed by atoms with Gasteiger partial charge in [0.1, 0.15) is 11.2 Å². The van der Waals surface area contributed by atoms with Gasteiger partial charge in [0, 0.05) is 47.6 Å². The maximum Gasteiger partial charge on any atom is 0.165 e. The van der Waals surface area contributed by atoms with E-state index in [-0.39, 0.29) is 0 Å². The minimum atomic E-state index is 0.635. The smallest absolute Gasteiger partial charge is 0.165 e.